The molecule has 3 aromatic carbocycles. The fourth-order valence-electron chi connectivity index (χ4n) is 4.09. The number of nitrogens with zero attached hydrogens (tertiary/aromatic N) is 3. The van der Waals surface area contributed by atoms with E-state index in [1.807, 2.05) is 84.9 Å². The molecule has 0 aromatic heterocycles. The van der Waals surface area contributed by atoms with Crippen LogP contribution in [0.3, 0.4) is 0 Å². The van der Waals surface area contributed by atoms with E-state index in [1.165, 1.54) is 11.9 Å². The van der Waals surface area contributed by atoms with E-state index in [1.54, 1.807) is 0 Å². The number of para-hydroxylation sites is 2. The number of hydrogen-bond donors (Lipinski definition) is 3. The average molecular weight is 471 g/mol. The zero-order valence-corrected chi connectivity index (χ0v) is 20.2. The highest BCUT2D eigenvalue weighted by molar-refractivity contribution is 6.26. The second kappa shape index (κ2) is 10.3. The number of hydrogen-bond acceptors (Lipinski definition) is 5. The van der Waals surface area contributed by atoms with Crippen molar-refractivity contribution in [1.29, 1.82) is 0 Å². The van der Waals surface area contributed by atoms with Gasteiger partial charge in [0.15, 0.2) is 5.84 Å². The third-order valence-electron chi connectivity index (χ3n) is 5.80. The third kappa shape index (κ3) is 4.96. The number of carbonyl (C=O) groups excluding carboxylic acids is 2. The summed E-state index contributed by atoms with van der Waals surface area (Å²) in [5, 5.41) is 7.51. The molecule has 1 atom stereocenters. The minimum atomic E-state index is -1.63. The van der Waals surface area contributed by atoms with Gasteiger partial charge in [0.05, 0.1) is 11.4 Å². The van der Waals surface area contributed by atoms with Crippen molar-refractivity contribution in [3.8, 4) is 0 Å². The molecule has 0 bridgehead atoms. The normalized spacial score (nSPS) is 18.3. The van der Waals surface area contributed by atoms with Crippen LogP contribution in [0.1, 0.15) is 20.8 Å². The summed E-state index contributed by atoms with van der Waals surface area (Å²) < 4.78 is 0. The molecule has 8 heteroatoms. The molecule has 180 valence electrons. The van der Waals surface area contributed by atoms with Gasteiger partial charge in [-0.25, -0.2) is 10.0 Å². The molecule has 3 N–H and O–H groups in total. The number of carbonyl (C=O) groups is 2. The standard InChI is InChI=1S/C27H30N6O2/c1-4-32(5-2)23-18-16-22(17-19-23)30-27(29-20(3)34)25(28-21-12-8-6-9-13-21)31-33(26(27)35)24-14-10-7-11-15-24/h6-19,30H,4-5H2,1-3H3,(H,28,31)(H,29,34). The minimum absolute atomic E-state index is 0.264. The van der Waals surface area contributed by atoms with Gasteiger partial charge in [0.2, 0.25) is 5.91 Å². The van der Waals surface area contributed by atoms with Gasteiger partial charge in [-0.3, -0.25) is 15.0 Å². The largest absolute Gasteiger partial charge is 0.372 e. The number of rotatable bonds is 8. The molecule has 1 aliphatic heterocycles. The first-order valence-electron chi connectivity index (χ1n) is 11.7. The van der Waals surface area contributed by atoms with E-state index in [9.17, 15) is 9.59 Å². The third-order valence-corrected chi connectivity index (χ3v) is 5.80. The number of hydrazine groups is 1. The Morgan fingerprint density at radius 2 is 1.54 bits per heavy atom. The van der Waals surface area contributed by atoms with Crippen molar-refractivity contribution < 1.29 is 9.59 Å². The van der Waals surface area contributed by atoms with Crippen LogP contribution in [0.15, 0.2) is 89.9 Å². The van der Waals surface area contributed by atoms with Crippen molar-refractivity contribution in [3.63, 3.8) is 0 Å². The van der Waals surface area contributed by atoms with Gasteiger partial charge >= 0.3 is 0 Å². The number of aliphatic imine (C=N–C) groups is 1. The lowest BCUT2D eigenvalue weighted by molar-refractivity contribution is -0.126. The Balaban J connectivity index is 1.79. The van der Waals surface area contributed by atoms with Crippen LogP contribution in [0.25, 0.3) is 0 Å². The lowest BCUT2D eigenvalue weighted by Crippen LogP contribution is -2.63. The molecule has 3 aromatic rings. The van der Waals surface area contributed by atoms with Gasteiger partial charge in [-0.15, -0.1) is 0 Å². The van der Waals surface area contributed by atoms with Crippen LogP contribution < -0.4 is 26.0 Å². The molecule has 1 heterocycles. The highest BCUT2D eigenvalue weighted by atomic mass is 16.2. The topological polar surface area (TPSA) is 89.1 Å². The molecular formula is C27H30N6O2. The first-order valence-corrected chi connectivity index (χ1v) is 11.7. The smallest absolute Gasteiger partial charge is 0.300 e. The number of amidine groups is 1. The Kier molecular flexibility index (Phi) is 7.01. The molecule has 0 aliphatic carbocycles. The highest BCUT2D eigenvalue weighted by Crippen LogP contribution is 2.28. The van der Waals surface area contributed by atoms with Crippen LogP contribution in [-0.4, -0.2) is 36.4 Å². The van der Waals surface area contributed by atoms with Crippen molar-refractivity contribution in [1.82, 2.24) is 10.7 Å². The highest BCUT2D eigenvalue weighted by Gasteiger charge is 2.54. The summed E-state index contributed by atoms with van der Waals surface area (Å²) >= 11 is 0. The number of anilines is 3. The maximum absolute atomic E-state index is 13.9. The maximum Gasteiger partial charge on any atom is 0.300 e. The van der Waals surface area contributed by atoms with Crippen LogP contribution in [0.4, 0.5) is 22.7 Å². The molecule has 8 nitrogen and oxygen atoms in total. The SMILES string of the molecule is CCN(CC)c1ccc(NC2(NC(C)=O)C(=O)N(c3ccccc3)NC2=Nc2ccccc2)cc1. The minimum Gasteiger partial charge on any atom is -0.372 e. The predicted octanol–water partition coefficient (Wildman–Crippen LogP) is 4.06. The average Bonchev–Trinajstić information content (AvgIpc) is 3.12. The molecule has 4 rings (SSSR count). The monoisotopic (exact) mass is 470 g/mol. The second-order valence-corrected chi connectivity index (χ2v) is 8.16. The lowest BCUT2D eigenvalue weighted by Gasteiger charge is -2.29. The van der Waals surface area contributed by atoms with Crippen molar-refractivity contribution in [3.05, 3.63) is 84.9 Å². The van der Waals surface area contributed by atoms with E-state index in [-0.39, 0.29) is 11.7 Å². The lowest BCUT2D eigenvalue weighted by atomic mass is 10.1. The van der Waals surface area contributed by atoms with E-state index >= 15 is 0 Å². The molecule has 1 saturated heterocycles. The van der Waals surface area contributed by atoms with E-state index in [0.29, 0.717) is 17.1 Å². The zero-order chi connectivity index (χ0) is 24.8. The van der Waals surface area contributed by atoms with Crippen molar-refractivity contribution in [2.24, 2.45) is 4.99 Å². The molecule has 35 heavy (non-hydrogen) atoms. The number of benzene rings is 3. The molecule has 0 spiro atoms. The summed E-state index contributed by atoms with van der Waals surface area (Å²) in [5.41, 5.74) is 4.51. The molecule has 0 radical (unpaired) electrons. The van der Waals surface area contributed by atoms with Crippen molar-refractivity contribution in [2.45, 2.75) is 26.4 Å². The van der Waals surface area contributed by atoms with Crippen LogP contribution in [0.2, 0.25) is 0 Å². The van der Waals surface area contributed by atoms with Gasteiger partial charge in [0.25, 0.3) is 11.6 Å². The Bertz CT molecular complexity index is 1190. The Labute approximate surface area is 205 Å². The van der Waals surface area contributed by atoms with Crippen molar-refractivity contribution >= 4 is 40.4 Å². The van der Waals surface area contributed by atoms with Gasteiger partial charge in [0, 0.05) is 31.4 Å². The van der Waals surface area contributed by atoms with Gasteiger partial charge in [-0.1, -0.05) is 36.4 Å². The zero-order valence-electron chi connectivity index (χ0n) is 20.2. The summed E-state index contributed by atoms with van der Waals surface area (Å²) in [4.78, 5) is 33.3. The number of nitrogens with one attached hydrogen (secondary N) is 3. The van der Waals surface area contributed by atoms with E-state index < -0.39 is 11.6 Å². The second-order valence-electron chi connectivity index (χ2n) is 8.16. The van der Waals surface area contributed by atoms with Gasteiger partial charge < -0.3 is 15.5 Å². The first kappa shape index (κ1) is 23.8. The molecule has 1 fully saturated rings. The van der Waals surface area contributed by atoms with Gasteiger partial charge in [0.1, 0.15) is 0 Å². The van der Waals surface area contributed by atoms with E-state index in [2.05, 4.69) is 34.8 Å². The summed E-state index contributed by atoms with van der Waals surface area (Å²) in [7, 11) is 0. The fourth-order valence-corrected chi connectivity index (χ4v) is 4.09. The van der Waals surface area contributed by atoms with Crippen LogP contribution in [-0.2, 0) is 9.59 Å². The Morgan fingerprint density at radius 1 is 0.943 bits per heavy atom. The summed E-state index contributed by atoms with van der Waals surface area (Å²) in [5.74, 6) is -0.509. The van der Waals surface area contributed by atoms with Gasteiger partial charge in [-0.05, 0) is 62.4 Å². The first-order chi connectivity index (χ1) is 17.0. The molecular weight excluding hydrogens is 440 g/mol. The predicted molar refractivity (Wildman–Crippen MR) is 141 cm³/mol. The Morgan fingerprint density at radius 3 is 2.11 bits per heavy atom. The van der Waals surface area contributed by atoms with E-state index in [0.717, 1.165) is 18.8 Å². The summed E-state index contributed by atoms with van der Waals surface area (Å²) in [6.07, 6.45) is 0. The molecule has 1 unspecified atom stereocenters. The quantitative estimate of drug-likeness (QED) is 0.432. The van der Waals surface area contributed by atoms with E-state index in [4.69, 9.17) is 4.99 Å². The fraction of sp³-hybridized carbons (Fsp3) is 0.222. The molecule has 0 saturated carbocycles. The van der Waals surface area contributed by atoms with Crippen LogP contribution in [0.5, 0.6) is 0 Å². The van der Waals surface area contributed by atoms with Crippen LogP contribution >= 0.6 is 0 Å². The molecule has 1 aliphatic rings. The number of amides is 2. The summed E-state index contributed by atoms with van der Waals surface area (Å²) in [6, 6.07) is 26.3. The van der Waals surface area contributed by atoms with Crippen molar-refractivity contribution in [2.75, 3.05) is 28.3 Å². The van der Waals surface area contributed by atoms with Gasteiger partial charge in [-0.2, -0.15) is 0 Å². The summed E-state index contributed by atoms with van der Waals surface area (Å²) in [6.45, 7) is 7.37. The van der Waals surface area contributed by atoms with Crippen LogP contribution in [0, 0.1) is 0 Å². The Hall–Kier alpha value is -4.33. The molecule has 2 amide bonds. The maximum atomic E-state index is 13.9.